The van der Waals surface area contributed by atoms with Gasteiger partial charge in [0.1, 0.15) is 6.04 Å². The Balaban J connectivity index is 1.40. The Hall–Kier alpha value is -1.88. The van der Waals surface area contributed by atoms with Crippen molar-refractivity contribution in [2.45, 2.75) is 57.9 Å². The lowest BCUT2D eigenvalue weighted by Gasteiger charge is -2.58. The predicted molar refractivity (Wildman–Crippen MR) is 110 cm³/mol. The van der Waals surface area contributed by atoms with Crippen LogP contribution in [0.1, 0.15) is 51.9 Å². The second-order valence-electron chi connectivity index (χ2n) is 9.83. The average Bonchev–Trinajstić information content (AvgIpc) is 2.92. The van der Waals surface area contributed by atoms with Gasteiger partial charge in [-0.1, -0.05) is 17.7 Å². The molecule has 5 fully saturated rings. The maximum absolute atomic E-state index is 13.2. The van der Waals surface area contributed by atoms with E-state index in [1.54, 1.807) is 29.2 Å². The van der Waals surface area contributed by atoms with Gasteiger partial charge < -0.3 is 4.90 Å². The van der Waals surface area contributed by atoms with E-state index in [1.165, 1.54) is 31.1 Å². The van der Waals surface area contributed by atoms with Gasteiger partial charge in [-0.3, -0.25) is 14.4 Å². The molecule has 1 heterocycles. The summed E-state index contributed by atoms with van der Waals surface area (Å²) >= 11 is 6.06. The van der Waals surface area contributed by atoms with E-state index >= 15 is 0 Å². The van der Waals surface area contributed by atoms with Crippen LogP contribution in [0.4, 0.5) is 5.69 Å². The Morgan fingerprint density at radius 2 is 1.76 bits per heavy atom. The van der Waals surface area contributed by atoms with E-state index < -0.39 is 6.04 Å². The third-order valence-corrected chi connectivity index (χ3v) is 7.88. The smallest absolute Gasteiger partial charge is 0.257 e. The van der Waals surface area contributed by atoms with Crippen molar-refractivity contribution in [1.29, 1.82) is 0 Å². The number of nitrogens with zero attached hydrogens (tertiary/aromatic N) is 2. The number of hydrogen-bond acceptors (Lipinski definition) is 3. The largest absolute Gasteiger partial charge is 0.330 e. The lowest BCUT2D eigenvalue weighted by atomic mass is 9.49. The fourth-order valence-electron chi connectivity index (χ4n) is 7.03. The first-order valence-corrected chi connectivity index (χ1v) is 11.1. The molecule has 0 radical (unpaired) electrons. The van der Waals surface area contributed by atoms with Crippen molar-refractivity contribution in [3.8, 4) is 0 Å². The standard InChI is InChI=1S/C23H27ClN2O3/c1-14(27)25(13-23-10-15-5-16(11-23)7-17(6-15)12-23)20-9-21(28)26(22(20)29)19-4-2-3-18(24)8-19/h2-4,8,15-17,20H,5-7,9-13H2,1H3. The summed E-state index contributed by atoms with van der Waals surface area (Å²) in [4.78, 5) is 41.5. The maximum Gasteiger partial charge on any atom is 0.257 e. The van der Waals surface area contributed by atoms with Gasteiger partial charge in [0.2, 0.25) is 11.8 Å². The van der Waals surface area contributed by atoms with Crippen molar-refractivity contribution in [3.63, 3.8) is 0 Å². The number of carbonyl (C=O) groups excluding carboxylic acids is 3. The van der Waals surface area contributed by atoms with Crippen molar-refractivity contribution in [2.24, 2.45) is 23.2 Å². The summed E-state index contributed by atoms with van der Waals surface area (Å²) in [5.41, 5.74) is 0.612. The summed E-state index contributed by atoms with van der Waals surface area (Å²) < 4.78 is 0. The molecule has 1 saturated heterocycles. The van der Waals surface area contributed by atoms with Gasteiger partial charge in [-0.2, -0.15) is 0 Å². The van der Waals surface area contributed by atoms with Crippen molar-refractivity contribution in [3.05, 3.63) is 29.3 Å². The molecule has 5 nitrogen and oxygen atoms in total. The minimum Gasteiger partial charge on any atom is -0.330 e. The van der Waals surface area contributed by atoms with Crippen LogP contribution in [0, 0.1) is 23.2 Å². The van der Waals surface area contributed by atoms with Crippen LogP contribution in [-0.2, 0) is 14.4 Å². The zero-order valence-electron chi connectivity index (χ0n) is 16.8. The van der Waals surface area contributed by atoms with Gasteiger partial charge in [0.15, 0.2) is 0 Å². The Kier molecular flexibility index (Phi) is 4.50. The first-order chi connectivity index (χ1) is 13.8. The lowest BCUT2D eigenvalue weighted by molar-refractivity contribution is -0.143. The highest BCUT2D eigenvalue weighted by atomic mass is 35.5. The van der Waals surface area contributed by atoms with Crippen molar-refractivity contribution < 1.29 is 14.4 Å². The summed E-state index contributed by atoms with van der Waals surface area (Å²) in [6.45, 7) is 2.14. The number of hydrogen-bond donors (Lipinski definition) is 0. The summed E-state index contributed by atoms with van der Waals surface area (Å²) in [7, 11) is 0. The highest BCUT2D eigenvalue weighted by Gasteiger charge is 2.53. The fourth-order valence-corrected chi connectivity index (χ4v) is 7.22. The third kappa shape index (κ3) is 3.27. The molecular formula is C23H27ClN2O3. The molecule has 1 aromatic rings. The summed E-state index contributed by atoms with van der Waals surface area (Å²) in [6, 6.07) is 6.07. The van der Waals surface area contributed by atoms with Gasteiger partial charge in [0.25, 0.3) is 5.91 Å². The zero-order valence-corrected chi connectivity index (χ0v) is 17.5. The minimum absolute atomic E-state index is 0.0529. The SMILES string of the molecule is CC(=O)N(CC12CC3CC(CC(C3)C1)C2)C1CC(=O)N(c2cccc(Cl)c2)C1=O. The first-order valence-electron chi connectivity index (χ1n) is 10.7. The molecule has 0 aromatic heterocycles. The lowest BCUT2D eigenvalue weighted by Crippen LogP contribution is -2.55. The van der Waals surface area contributed by atoms with E-state index in [0.717, 1.165) is 37.0 Å². The number of carbonyl (C=O) groups is 3. The van der Waals surface area contributed by atoms with E-state index in [9.17, 15) is 14.4 Å². The first kappa shape index (κ1) is 19.1. The van der Waals surface area contributed by atoms with E-state index in [0.29, 0.717) is 17.3 Å². The normalized spacial score (nSPS) is 35.4. The molecule has 3 amide bonds. The molecule has 0 spiro atoms. The second-order valence-corrected chi connectivity index (χ2v) is 10.3. The summed E-state index contributed by atoms with van der Waals surface area (Å²) in [6.07, 6.45) is 7.55. The molecule has 1 atom stereocenters. The van der Waals surface area contributed by atoms with Gasteiger partial charge in [-0.15, -0.1) is 0 Å². The monoisotopic (exact) mass is 414 g/mol. The van der Waals surface area contributed by atoms with Crippen LogP contribution < -0.4 is 4.90 Å². The van der Waals surface area contributed by atoms with Gasteiger partial charge in [-0.25, -0.2) is 4.90 Å². The van der Waals surface area contributed by atoms with Crippen LogP contribution in [0.2, 0.25) is 5.02 Å². The molecule has 4 saturated carbocycles. The van der Waals surface area contributed by atoms with Crippen molar-refractivity contribution >= 4 is 35.0 Å². The van der Waals surface area contributed by atoms with Crippen LogP contribution in [0.5, 0.6) is 0 Å². The molecule has 154 valence electrons. The molecule has 1 unspecified atom stereocenters. The molecule has 4 aliphatic carbocycles. The Morgan fingerprint density at radius 1 is 1.14 bits per heavy atom. The number of imide groups is 1. The third-order valence-electron chi connectivity index (χ3n) is 7.64. The Morgan fingerprint density at radius 3 is 2.31 bits per heavy atom. The zero-order chi connectivity index (χ0) is 20.3. The number of amides is 3. The molecule has 1 aromatic carbocycles. The summed E-state index contributed by atoms with van der Waals surface area (Å²) in [5, 5.41) is 0.476. The second kappa shape index (κ2) is 6.83. The average molecular weight is 415 g/mol. The predicted octanol–water partition coefficient (Wildman–Crippen LogP) is 4.04. The molecule has 6 heteroatoms. The number of benzene rings is 1. The van der Waals surface area contributed by atoms with Gasteiger partial charge in [0.05, 0.1) is 12.1 Å². The molecular weight excluding hydrogens is 388 g/mol. The van der Waals surface area contributed by atoms with E-state index in [4.69, 9.17) is 11.6 Å². The van der Waals surface area contributed by atoms with Gasteiger partial charge >= 0.3 is 0 Å². The van der Waals surface area contributed by atoms with Crippen LogP contribution in [0.3, 0.4) is 0 Å². The van der Waals surface area contributed by atoms with E-state index in [2.05, 4.69) is 0 Å². The topological polar surface area (TPSA) is 57.7 Å². The maximum atomic E-state index is 13.2. The number of halogens is 1. The molecule has 0 N–H and O–H groups in total. The minimum atomic E-state index is -0.702. The molecule has 4 bridgehead atoms. The molecule has 29 heavy (non-hydrogen) atoms. The van der Waals surface area contributed by atoms with Crippen LogP contribution in [-0.4, -0.2) is 35.2 Å². The number of rotatable bonds is 4. The van der Waals surface area contributed by atoms with Crippen LogP contribution >= 0.6 is 11.6 Å². The van der Waals surface area contributed by atoms with E-state index in [-0.39, 0.29) is 29.6 Å². The molecule has 6 rings (SSSR count). The van der Waals surface area contributed by atoms with Crippen molar-refractivity contribution in [1.82, 2.24) is 4.90 Å². The molecule has 5 aliphatic rings. The van der Waals surface area contributed by atoms with Gasteiger partial charge in [-0.05, 0) is 79.9 Å². The van der Waals surface area contributed by atoms with Crippen molar-refractivity contribution in [2.75, 3.05) is 11.4 Å². The number of anilines is 1. The Labute approximate surface area is 176 Å². The fraction of sp³-hybridized carbons (Fsp3) is 0.609. The highest BCUT2D eigenvalue weighted by Crippen LogP contribution is 2.60. The quantitative estimate of drug-likeness (QED) is 0.699. The highest BCUT2D eigenvalue weighted by molar-refractivity contribution is 6.31. The summed E-state index contributed by atoms with van der Waals surface area (Å²) in [5.74, 6) is 1.65. The van der Waals surface area contributed by atoms with Gasteiger partial charge in [0, 0.05) is 18.5 Å². The Bertz CT molecular complexity index is 847. The van der Waals surface area contributed by atoms with Crippen LogP contribution in [0.25, 0.3) is 0 Å². The molecule has 1 aliphatic heterocycles. The van der Waals surface area contributed by atoms with E-state index in [1.807, 2.05) is 0 Å². The van der Waals surface area contributed by atoms with Crippen LogP contribution in [0.15, 0.2) is 24.3 Å².